The van der Waals surface area contributed by atoms with Crippen molar-refractivity contribution >= 4 is 34.2 Å². The zero-order valence-electron chi connectivity index (χ0n) is 9.43. The van der Waals surface area contributed by atoms with Gasteiger partial charge < -0.3 is 5.73 Å². The molecule has 0 radical (unpaired) electrons. The number of carbonyl (C=O) groups excluding carboxylic acids is 2. The number of benzene rings is 1. The lowest BCUT2D eigenvalue weighted by molar-refractivity contribution is -0.120. The van der Waals surface area contributed by atoms with Crippen LogP contribution < -0.4 is 16.0 Å². The Morgan fingerprint density at radius 2 is 2.17 bits per heavy atom. The van der Waals surface area contributed by atoms with Gasteiger partial charge in [0.1, 0.15) is 0 Å². The van der Waals surface area contributed by atoms with Gasteiger partial charge >= 0.3 is 6.03 Å². The number of carbonyl (C=O) groups is 2. The molecule has 2 aromatic rings. The van der Waals surface area contributed by atoms with E-state index in [9.17, 15) is 9.59 Å². The monoisotopic (exact) mass is 245 g/mol. The first-order chi connectivity index (χ1) is 8.65. The molecule has 0 bridgehead atoms. The van der Waals surface area contributed by atoms with E-state index in [4.69, 9.17) is 5.73 Å². The fraction of sp³-hybridized carbons (Fsp3) is 0.182. The third-order valence-electron chi connectivity index (χ3n) is 2.90. The molecule has 0 saturated carbocycles. The number of rotatable bonds is 1. The molecule has 0 aliphatic carbocycles. The molecule has 2 heterocycles. The summed E-state index contributed by atoms with van der Waals surface area (Å²) in [5.74, 6) is -0.263. The second kappa shape index (κ2) is 3.73. The number of hydrogen-bond donors (Lipinski definition) is 3. The lowest BCUT2D eigenvalue weighted by Gasteiger charge is -2.27. The Kier molecular flexibility index (Phi) is 2.19. The van der Waals surface area contributed by atoms with Crippen LogP contribution in [0.2, 0.25) is 0 Å². The SMILES string of the molecule is Nc1cc(N2CCC(=O)NC2=O)c2[nH]ncc2c1. The van der Waals surface area contributed by atoms with Crippen LogP contribution in [0.3, 0.4) is 0 Å². The average Bonchev–Trinajstić information content (AvgIpc) is 2.76. The van der Waals surface area contributed by atoms with Crippen molar-refractivity contribution < 1.29 is 9.59 Å². The van der Waals surface area contributed by atoms with Gasteiger partial charge in [0.05, 0.1) is 17.4 Å². The van der Waals surface area contributed by atoms with Crippen LogP contribution in [0.1, 0.15) is 6.42 Å². The van der Waals surface area contributed by atoms with E-state index in [1.807, 2.05) is 0 Å². The predicted molar refractivity (Wildman–Crippen MR) is 66.0 cm³/mol. The minimum atomic E-state index is -0.437. The van der Waals surface area contributed by atoms with E-state index < -0.39 is 6.03 Å². The maximum absolute atomic E-state index is 11.8. The molecule has 3 rings (SSSR count). The standard InChI is InChI=1S/C11H11N5O2/c12-7-3-6-5-13-15-10(6)8(4-7)16-2-1-9(17)14-11(16)18/h3-5H,1-2,12H2,(H,13,15)(H,14,17,18). The van der Waals surface area contributed by atoms with Crippen molar-refractivity contribution in [1.29, 1.82) is 0 Å². The summed E-state index contributed by atoms with van der Waals surface area (Å²) in [6.07, 6.45) is 1.92. The van der Waals surface area contributed by atoms with Gasteiger partial charge in [-0.25, -0.2) is 4.79 Å². The van der Waals surface area contributed by atoms with Crippen molar-refractivity contribution in [1.82, 2.24) is 15.5 Å². The Hall–Kier alpha value is -2.57. The molecule has 18 heavy (non-hydrogen) atoms. The first kappa shape index (κ1) is 10.6. The molecule has 4 N–H and O–H groups in total. The lowest BCUT2D eigenvalue weighted by atomic mass is 10.1. The molecule has 1 fully saturated rings. The number of nitrogens with zero attached hydrogens (tertiary/aromatic N) is 2. The van der Waals surface area contributed by atoms with Gasteiger partial charge in [-0.3, -0.25) is 20.1 Å². The number of H-pyrrole nitrogens is 1. The van der Waals surface area contributed by atoms with E-state index in [2.05, 4.69) is 15.5 Å². The lowest BCUT2D eigenvalue weighted by Crippen LogP contribution is -2.49. The highest BCUT2D eigenvalue weighted by atomic mass is 16.2. The number of nitrogen functional groups attached to an aromatic ring is 1. The molecule has 92 valence electrons. The molecule has 0 unspecified atom stereocenters. The molecule has 7 heteroatoms. The number of urea groups is 1. The van der Waals surface area contributed by atoms with Crippen molar-refractivity contribution in [3.8, 4) is 0 Å². The molecule has 0 atom stereocenters. The third kappa shape index (κ3) is 1.56. The van der Waals surface area contributed by atoms with Gasteiger partial charge in [-0.1, -0.05) is 0 Å². The summed E-state index contributed by atoms with van der Waals surface area (Å²) in [6, 6.07) is 3.03. The van der Waals surface area contributed by atoms with Crippen molar-refractivity contribution in [3.63, 3.8) is 0 Å². The predicted octanol–water partition coefficient (Wildman–Crippen LogP) is 0.591. The summed E-state index contributed by atoms with van der Waals surface area (Å²) in [7, 11) is 0. The Labute approximate surface area is 102 Å². The molecule has 1 aliphatic rings. The zero-order chi connectivity index (χ0) is 12.7. The molecule has 1 aromatic heterocycles. The quantitative estimate of drug-likeness (QED) is 0.639. The van der Waals surface area contributed by atoms with Crippen LogP contribution in [0, 0.1) is 0 Å². The fourth-order valence-corrected chi connectivity index (χ4v) is 2.07. The summed E-state index contributed by atoms with van der Waals surface area (Å²) >= 11 is 0. The van der Waals surface area contributed by atoms with Gasteiger partial charge in [0, 0.05) is 24.0 Å². The Morgan fingerprint density at radius 1 is 1.33 bits per heavy atom. The van der Waals surface area contributed by atoms with Crippen molar-refractivity contribution in [2.75, 3.05) is 17.2 Å². The first-order valence-corrected chi connectivity index (χ1v) is 5.49. The minimum absolute atomic E-state index is 0.263. The Morgan fingerprint density at radius 3 is 2.94 bits per heavy atom. The summed E-state index contributed by atoms with van der Waals surface area (Å²) in [5, 5.41) is 9.87. The number of nitrogens with two attached hydrogens (primary N) is 1. The number of aromatic amines is 1. The van der Waals surface area contributed by atoms with Crippen LogP contribution in [-0.2, 0) is 4.79 Å². The van der Waals surface area contributed by atoms with Crippen LogP contribution in [0.15, 0.2) is 18.3 Å². The van der Waals surface area contributed by atoms with E-state index in [1.54, 1.807) is 18.3 Å². The van der Waals surface area contributed by atoms with Gasteiger partial charge in [-0.15, -0.1) is 0 Å². The van der Waals surface area contributed by atoms with E-state index in [-0.39, 0.29) is 12.3 Å². The van der Waals surface area contributed by atoms with Crippen LogP contribution in [-0.4, -0.2) is 28.7 Å². The van der Waals surface area contributed by atoms with E-state index in [1.165, 1.54) is 4.90 Å². The number of nitrogens with one attached hydrogen (secondary N) is 2. The van der Waals surface area contributed by atoms with Crippen LogP contribution in [0.25, 0.3) is 10.9 Å². The highest BCUT2D eigenvalue weighted by molar-refractivity contribution is 6.09. The third-order valence-corrected chi connectivity index (χ3v) is 2.90. The summed E-state index contributed by atoms with van der Waals surface area (Å²) in [5.41, 5.74) is 7.70. The smallest absolute Gasteiger partial charge is 0.328 e. The van der Waals surface area contributed by atoms with E-state index in [0.717, 1.165) is 10.9 Å². The summed E-state index contributed by atoms with van der Waals surface area (Å²) in [4.78, 5) is 24.4. The Balaban J connectivity index is 2.11. The second-order valence-electron chi connectivity index (χ2n) is 4.13. The normalized spacial score (nSPS) is 16.1. The van der Waals surface area contributed by atoms with Crippen molar-refractivity contribution in [2.24, 2.45) is 0 Å². The van der Waals surface area contributed by atoms with Crippen LogP contribution in [0.5, 0.6) is 0 Å². The van der Waals surface area contributed by atoms with Crippen molar-refractivity contribution in [2.45, 2.75) is 6.42 Å². The van der Waals surface area contributed by atoms with Gasteiger partial charge in [0.25, 0.3) is 0 Å². The van der Waals surface area contributed by atoms with Gasteiger partial charge in [-0.2, -0.15) is 5.10 Å². The van der Waals surface area contributed by atoms with E-state index in [0.29, 0.717) is 17.9 Å². The van der Waals surface area contributed by atoms with Gasteiger partial charge in [0.2, 0.25) is 5.91 Å². The minimum Gasteiger partial charge on any atom is -0.399 e. The number of amides is 3. The number of aromatic nitrogens is 2. The highest BCUT2D eigenvalue weighted by Crippen LogP contribution is 2.29. The molecule has 1 aromatic carbocycles. The maximum Gasteiger partial charge on any atom is 0.328 e. The molecule has 3 amide bonds. The Bertz CT molecular complexity index is 648. The zero-order valence-corrected chi connectivity index (χ0v) is 9.43. The molecule has 7 nitrogen and oxygen atoms in total. The fourth-order valence-electron chi connectivity index (χ4n) is 2.07. The number of hydrogen-bond acceptors (Lipinski definition) is 4. The van der Waals surface area contributed by atoms with Crippen molar-refractivity contribution in [3.05, 3.63) is 18.3 Å². The molecular weight excluding hydrogens is 234 g/mol. The van der Waals surface area contributed by atoms with Crippen LogP contribution in [0.4, 0.5) is 16.2 Å². The summed E-state index contributed by atoms with van der Waals surface area (Å²) < 4.78 is 0. The molecule has 1 aliphatic heterocycles. The maximum atomic E-state index is 11.8. The number of imide groups is 1. The number of fused-ring (bicyclic) bond motifs is 1. The largest absolute Gasteiger partial charge is 0.399 e. The first-order valence-electron chi connectivity index (χ1n) is 5.49. The van der Waals surface area contributed by atoms with E-state index >= 15 is 0 Å². The van der Waals surface area contributed by atoms with Gasteiger partial charge in [0.15, 0.2) is 0 Å². The topological polar surface area (TPSA) is 104 Å². The highest BCUT2D eigenvalue weighted by Gasteiger charge is 2.26. The molecule has 1 saturated heterocycles. The summed E-state index contributed by atoms with van der Waals surface area (Å²) in [6.45, 7) is 0.336. The average molecular weight is 245 g/mol. The number of anilines is 2. The molecular formula is C11H11N5O2. The van der Waals surface area contributed by atoms with Gasteiger partial charge in [-0.05, 0) is 12.1 Å². The second-order valence-corrected chi connectivity index (χ2v) is 4.13. The molecule has 0 spiro atoms. The van der Waals surface area contributed by atoms with Crippen LogP contribution >= 0.6 is 0 Å².